The first kappa shape index (κ1) is 21.4. The Morgan fingerprint density at radius 1 is 1.06 bits per heavy atom. The van der Waals surface area contributed by atoms with E-state index in [1.807, 2.05) is 41.4 Å². The van der Waals surface area contributed by atoms with Crippen molar-refractivity contribution in [2.75, 3.05) is 58.4 Å². The van der Waals surface area contributed by atoms with Crippen LogP contribution in [0.15, 0.2) is 42.6 Å². The minimum Gasteiger partial charge on any atom is -0.497 e. The highest BCUT2D eigenvalue weighted by Gasteiger charge is 2.30. The summed E-state index contributed by atoms with van der Waals surface area (Å²) in [5.41, 5.74) is 1.15. The highest BCUT2D eigenvalue weighted by molar-refractivity contribution is 5.76. The van der Waals surface area contributed by atoms with E-state index in [1.54, 1.807) is 14.2 Å². The van der Waals surface area contributed by atoms with Gasteiger partial charge in [-0.25, -0.2) is 4.98 Å². The Morgan fingerprint density at radius 2 is 1.90 bits per heavy atom. The maximum absolute atomic E-state index is 12.9. The van der Waals surface area contributed by atoms with Gasteiger partial charge in [0.05, 0.1) is 14.2 Å². The van der Waals surface area contributed by atoms with Gasteiger partial charge in [-0.05, 0) is 49.7 Å². The first-order valence-electron chi connectivity index (χ1n) is 11.1. The number of benzene rings is 1. The Hall–Kier alpha value is -2.80. The molecule has 3 heterocycles. The van der Waals surface area contributed by atoms with Gasteiger partial charge >= 0.3 is 0 Å². The summed E-state index contributed by atoms with van der Waals surface area (Å²) in [4.78, 5) is 24.0. The van der Waals surface area contributed by atoms with Gasteiger partial charge in [-0.1, -0.05) is 6.07 Å². The maximum Gasteiger partial charge on any atom is 0.223 e. The van der Waals surface area contributed by atoms with Crippen molar-refractivity contribution in [3.05, 3.63) is 48.2 Å². The quantitative estimate of drug-likeness (QED) is 0.681. The molecule has 0 aliphatic carbocycles. The number of likely N-dealkylation sites (tertiary alicyclic amines) is 1. The first-order chi connectivity index (χ1) is 15.2. The van der Waals surface area contributed by atoms with E-state index in [-0.39, 0.29) is 11.9 Å². The number of methoxy groups -OCH3 is 2. The molecule has 31 heavy (non-hydrogen) atoms. The lowest BCUT2D eigenvalue weighted by Gasteiger charge is -2.36. The normalized spacial score (nSPS) is 19.5. The molecule has 1 aromatic carbocycles. The van der Waals surface area contributed by atoms with E-state index in [2.05, 4.69) is 20.9 Å². The SMILES string of the molecule is COc1ccc(OC)c(C2CCCN2CCC(=O)N2CCN(c3ccccn3)CC2)c1. The zero-order valence-corrected chi connectivity index (χ0v) is 18.5. The predicted octanol–water partition coefficient (Wildman–Crippen LogP) is 2.97. The van der Waals surface area contributed by atoms with Gasteiger partial charge in [0.15, 0.2) is 0 Å². The second-order valence-electron chi connectivity index (χ2n) is 8.11. The summed E-state index contributed by atoms with van der Waals surface area (Å²) >= 11 is 0. The van der Waals surface area contributed by atoms with Crippen molar-refractivity contribution in [1.29, 1.82) is 0 Å². The van der Waals surface area contributed by atoms with E-state index >= 15 is 0 Å². The van der Waals surface area contributed by atoms with Crippen LogP contribution in [0.4, 0.5) is 5.82 Å². The van der Waals surface area contributed by atoms with Crippen LogP contribution in [-0.2, 0) is 4.79 Å². The molecule has 1 amide bonds. The molecule has 2 aliphatic rings. The minimum absolute atomic E-state index is 0.240. The third kappa shape index (κ3) is 4.93. The van der Waals surface area contributed by atoms with Gasteiger partial charge in [0.1, 0.15) is 17.3 Å². The number of pyridine rings is 1. The highest BCUT2D eigenvalue weighted by atomic mass is 16.5. The Morgan fingerprint density at radius 3 is 2.61 bits per heavy atom. The van der Waals surface area contributed by atoms with Gasteiger partial charge in [0.2, 0.25) is 5.91 Å². The largest absolute Gasteiger partial charge is 0.497 e. The molecule has 0 saturated carbocycles. The molecule has 2 saturated heterocycles. The van der Waals surface area contributed by atoms with Crippen LogP contribution in [0.5, 0.6) is 11.5 Å². The maximum atomic E-state index is 12.9. The van der Waals surface area contributed by atoms with Crippen LogP contribution in [0.25, 0.3) is 0 Å². The van der Waals surface area contributed by atoms with Crippen LogP contribution >= 0.6 is 0 Å². The van der Waals surface area contributed by atoms with Gasteiger partial charge in [-0.15, -0.1) is 0 Å². The zero-order chi connectivity index (χ0) is 21.6. The lowest BCUT2D eigenvalue weighted by molar-refractivity contribution is -0.131. The monoisotopic (exact) mass is 424 g/mol. The number of amides is 1. The van der Waals surface area contributed by atoms with Crippen molar-refractivity contribution in [2.45, 2.75) is 25.3 Å². The van der Waals surface area contributed by atoms with Gasteiger partial charge in [-0.2, -0.15) is 0 Å². The van der Waals surface area contributed by atoms with Crippen molar-refractivity contribution < 1.29 is 14.3 Å². The van der Waals surface area contributed by atoms with E-state index in [4.69, 9.17) is 9.47 Å². The molecular weight excluding hydrogens is 392 g/mol. The molecule has 0 bridgehead atoms. The second-order valence-corrected chi connectivity index (χ2v) is 8.11. The molecule has 4 rings (SSSR count). The Kier molecular flexibility index (Phi) is 6.92. The van der Waals surface area contributed by atoms with E-state index in [0.717, 1.165) is 75.0 Å². The van der Waals surface area contributed by atoms with Crippen molar-refractivity contribution in [1.82, 2.24) is 14.8 Å². The third-order valence-electron chi connectivity index (χ3n) is 6.38. The Labute approximate surface area is 184 Å². The molecule has 1 atom stereocenters. The topological polar surface area (TPSA) is 58.1 Å². The summed E-state index contributed by atoms with van der Waals surface area (Å²) in [6, 6.07) is 12.2. The molecule has 1 unspecified atom stereocenters. The van der Waals surface area contributed by atoms with Crippen molar-refractivity contribution in [3.63, 3.8) is 0 Å². The van der Waals surface area contributed by atoms with Crippen LogP contribution < -0.4 is 14.4 Å². The molecule has 2 aromatic rings. The Bertz CT molecular complexity index is 868. The number of hydrogen-bond donors (Lipinski definition) is 0. The molecule has 166 valence electrons. The zero-order valence-electron chi connectivity index (χ0n) is 18.5. The average molecular weight is 425 g/mol. The lowest BCUT2D eigenvalue weighted by atomic mass is 10.0. The second kappa shape index (κ2) is 10.0. The molecule has 2 aliphatic heterocycles. The number of hydrogen-bond acceptors (Lipinski definition) is 6. The van der Waals surface area contributed by atoms with Crippen LogP contribution in [0, 0.1) is 0 Å². The van der Waals surface area contributed by atoms with E-state index in [9.17, 15) is 4.79 Å². The molecular formula is C24H32N4O3. The fraction of sp³-hybridized carbons (Fsp3) is 0.500. The highest BCUT2D eigenvalue weighted by Crippen LogP contribution is 2.38. The molecule has 7 heteroatoms. The van der Waals surface area contributed by atoms with E-state index < -0.39 is 0 Å². The summed E-state index contributed by atoms with van der Waals surface area (Å²) in [5.74, 6) is 2.95. The number of aromatic nitrogens is 1. The first-order valence-corrected chi connectivity index (χ1v) is 11.1. The predicted molar refractivity (Wildman–Crippen MR) is 121 cm³/mol. The number of piperazine rings is 1. The summed E-state index contributed by atoms with van der Waals surface area (Å²) in [7, 11) is 3.39. The van der Waals surface area contributed by atoms with Gasteiger partial charge in [0, 0.05) is 56.9 Å². The van der Waals surface area contributed by atoms with Crippen molar-refractivity contribution >= 4 is 11.7 Å². The summed E-state index contributed by atoms with van der Waals surface area (Å²) in [5, 5.41) is 0. The summed E-state index contributed by atoms with van der Waals surface area (Å²) in [6.45, 7) is 4.94. The van der Waals surface area contributed by atoms with Gasteiger partial charge < -0.3 is 19.3 Å². The number of carbonyl (C=O) groups is 1. The van der Waals surface area contributed by atoms with E-state index in [0.29, 0.717) is 6.42 Å². The molecule has 2 fully saturated rings. The average Bonchev–Trinajstić information content (AvgIpc) is 3.31. The number of rotatable bonds is 7. The number of anilines is 1. The van der Waals surface area contributed by atoms with Crippen LogP contribution in [-0.4, -0.2) is 74.2 Å². The molecule has 7 nitrogen and oxygen atoms in total. The van der Waals surface area contributed by atoms with Crippen LogP contribution in [0.1, 0.15) is 30.9 Å². The third-order valence-corrected chi connectivity index (χ3v) is 6.38. The molecule has 0 N–H and O–H groups in total. The van der Waals surface area contributed by atoms with Crippen LogP contribution in [0.2, 0.25) is 0 Å². The fourth-order valence-electron chi connectivity index (χ4n) is 4.67. The van der Waals surface area contributed by atoms with Crippen LogP contribution in [0.3, 0.4) is 0 Å². The van der Waals surface area contributed by atoms with Gasteiger partial charge in [-0.3, -0.25) is 9.69 Å². The van der Waals surface area contributed by atoms with Crippen molar-refractivity contribution in [3.8, 4) is 11.5 Å². The number of ether oxygens (including phenoxy) is 2. The number of carbonyl (C=O) groups excluding carboxylic acids is 1. The fourth-order valence-corrected chi connectivity index (χ4v) is 4.67. The summed E-state index contributed by atoms with van der Waals surface area (Å²) in [6.07, 6.45) is 4.56. The van der Waals surface area contributed by atoms with Crippen molar-refractivity contribution in [2.24, 2.45) is 0 Å². The minimum atomic E-state index is 0.240. The molecule has 1 aromatic heterocycles. The standard InChI is InChI=1S/C24H32N4O3/c1-30-19-8-9-22(31-2)20(18-19)21-6-5-12-26(21)13-10-24(29)28-16-14-27(15-17-28)23-7-3-4-11-25-23/h3-4,7-9,11,18,21H,5-6,10,12-17H2,1-2H3. The number of nitrogens with zero attached hydrogens (tertiary/aromatic N) is 4. The molecule has 0 spiro atoms. The van der Waals surface area contributed by atoms with E-state index in [1.165, 1.54) is 0 Å². The lowest BCUT2D eigenvalue weighted by Crippen LogP contribution is -2.49. The smallest absolute Gasteiger partial charge is 0.223 e. The summed E-state index contributed by atoms with van der Waals surface area (Å²) < 4.78 is 11.0. The van der Waals surface area contributed by atoms with Gasteiger partial charge in [0.25, 0.3) is 0 Å². The molecule has 0 radical (unpaired) electrons. The Balaban J connectivity index is 1.32.